The van der Waals surface area contributed by atoms with Crippen LogP contribution in [0.15, 0.2) is 18.3 Å². The highest BCUT2D eigenvalue weighted by Gasteiger charge is 2.27. The molecule has 5 heteroatoms. The molecule has 0 aliphatic rings. The van der Waals surface area contributed by atoms with Crippen molar-refractivity contribution in [2.45, 2.75) is 12.6 Å². The maximum atomic E-state index is 11.8. The van der Waals surface area contributed by atoms with Crippen molar-refractivity contribution in [3.63, 3.8) is 0 Å². The van der Waals surface area contributed by atoms with Crippen molar-refractivity contribution in [2.24, 2.45) is 0 Å². The first kappa shape index (κ1) is 9.32. The molecule has 1 rings (SSSR count). The number of nitrogens with zero attached hydrogens (tertiary/aromatic N) is 1. The summed E-state index contributed by atoms with van der Waals surface area (Å²) in [4.78, 5) is 3.57. The molecule has 0 bridgehead atoms. The Hall–Kier alpha value is -0.770. The van der Waals surface area contributed by atoms with Crippen LogP contribution < -0.4 is 0 Å². The van der Waals surface area contributed by atoms with Crippen LogP contribution >= 0.6 is 11.6 Å². The number of alkyl halides is 3. The van der Waals surface area contributed by atoms with E-state index in [0.29, 0.717) is 0 Å². The first-order valence-electron chi connectivity index (χ1n) is 3.14. The summed E-state index contributed by atoms with van der Waals surface area (Å²) in [7, 11) is 0. The molecule has 1 aromatic rings. The second kappa shape index (κ2) is 3.31. The van der Waals surface area contributed by atoms with Crippen molar-refractivity contribution in [3.05, 3.63) is 29.0 Å². The lowest BCUT2D eigenvalue weighted by Gasteiger charge is -2.05. The molecule has 0 aromatic carbocycles. The van der Waals surface area contributed by atoms with Gasteiger partial charge in [0.2, 0.25) is 0 Å². The number of hydrogen-bond donors (Lipinski definition) is 0. The van der Waals surface area contributed by atoms with Gasteiger partial charge in [0.15, 0.2) is 0 Å². The smallest absolute Gasteiger partial charge is 0.245 e. The van der Waals surface area contributed by atoms with E-state index < -0.39 is 12.6 Å². The standard InChI is InChI=1S/C7H5ClF3N/c8-6-3-5(1-2-12-6)4-7(9,10)11/h1-3H,4H2. The molecule has 0 spiro atoms. The molecule has 1 heterocycles. The van der Waals surface area contributed by atoms with E-state index in [1.807, 2.05) is 0 Å². The van der Waals surface area contributed by atoms with Gasteiger partial charge in [-0.05, 0) is 17.7 Å². The molecule has 0 aliphatic carbocycles. The molecule has 0 unspecified atom stereocenters. The highest BCUT2D eigenvalue weighted by Crippen LogP contribution is 2.21. The Bertz CT molecular complexity index is 272. The van der Waals surface area contributed by atoms with E-state index in [1.54, 1.807) is 0 Å². The van der Waals surface area contributed by atoms with Crippen LogP contribution in [0.2, 0.25) is 5.15 Å². The van der Waals surface area contributed by atoms with E-state index >= 15 is 0 Å². The predicted molar refractivity (Wildman–Crippen MR) is 39.0 cm³/mol. The minimum atomic E-state index is -4.19. The Morgan fingerprint density at radius 3 is 2.58 bits per heavy atom. The van der Waals surface area contributed by atoms with Crippen molar-refractivity contribution in [1.29, 1.82) is 0 Å². The van der Waals surface area contributed by atoms with Gasteiger partial charge >= 0.3 is 6.18 Å². The summed E-state index contributed by atoms with van der Waals surface area (Å²) in [6.07, 6.45) is -3.90. The molecule has 0 amide bonds. The van der Waals surface area contributed by atoms with Crippen LogP contribution in [0.1, 0.15) is 5.56 Å². The van der Waals surface area contributed by atoms with E-state index in [2.05, 4.69) is 4.98 Å². The molecule has 0 saturated carbocycles. The van der Waals surface area contributed by atoms with E-state index in [4.69, 9.17) is 11.6 Å². The van der Waals surface area contributed by atoms with Crippen LogP contribution in [-0.2, 0) is 6.42 Å². The lowest BCUT2D eigenvalue weighted by molar-refractivity contribution is -0.127. The van der Waals surface area contributed by atoms with Crippen LogP contribution in [-0.4, -0.2) is 11.2 Å². The molecular weight excluding hydrogens is 191 g/mol. The van der Waals surface area contributed by atoms with Gasteiger partial charge in [-0.1, -0.05) is 11.6 Å². The summed E-state index contributed by atoms with van der Waals surface area (Å²) in [5, 5.41) is 0.0803. The van der Waals surface area contributed by atoms with E-state index in [1.165, 1.54) is 18.3 Å². The van der Waals surface area contributed by atoms with Gasteiger partial charge in [-0.2, -0.15) is 13.2 Å². The molecule has 12 heavy (non-hydrogen) atoms. The van der Waals surface area contributed by atoms with Gasteiger partial charge in [-0.25, -0.2) is 4.98 Å². The fourth-order valence-electron chi connectivity index (χ4n) is 0.784. The maximum Gasteiger partial charge on any atom is 0.393 e. The third kappa shape index (κ3) is 3.09. The third-order valence-corrected chi connectivity index (χ3v) is 1.40. The van der Waals surface area contributed by atoms with Gasteiger partial charge in [0, 0.05) is 6.20 Å². The summed E-state index contributed by atoms with van der Waals surface area (Å²) < 4.78 is 35.4. The van der Waals surface area contributed by atoms with Crippen LogP contribution in [0, 0.1) is 0 Å². The minimum absolute atomic E-state index is 0.0803. The molecule has 0 aliphatic heterocycles. The quantitative estimate of drug-likeness (QED) is 0.628. The first-order chi connectivity index (χ1) is 5.47. The predicted octanol–water partition coefficient (Wildman–Crippen LogP) is 2.84. The number of rotatable bonds is 1. The number of halogens is 4. The molecule has 0 saturated heterocycles. The zero-order chi connectivity index (χ0) is 9.19. The van der Waals surface area contributed by atoms with Crippen LogP contribution in [0.4, 0.5) is 13.2 Å². The number of pyridine rings is 1. The molecule has 0 atom stereocenters. The van der Waals surface area contributed by atoms with Gasteiger partial charge in [0.25, 0.3) is 0 Å². The fraction of sp³-hybridized carbons (Fsp3) is 0.286. The Labute approximate surface area is 72.2 Å². The normalized spacial score (nSPS) is 11.7. The molecule has 0 fully saturated rings. The average molecular weight is 196 g/mol. The highest BCUT2D eigenvalue weighted by molar-refractivity contribution is 6.29. The van der Waals surface area contributed by atoms with Gasteiger partial charge < -0.3 is 0 Å². The minimum Gasteiger partial charge on any atom is -0.245 e. The molecule has 1 nitrogen and oxygen atoms in total. The monoisotopic (exact) mass is 195 g/mol. The van der Waals surface area contributed by atoms with Gasteiger partial charge in [-0.15, -0.1) is 0 Å². The summed E-state index contributed by atoms with van der Waals surface area (Å²) in [6, 6.07) is 2.49. The Kier molecular flexibility index (Phi) is 2.57. The van der Waals surface area contributed by atoms with E-state index in [-0.39, 0.29) is 10.7 Å². The van der Waals surface area contributed by atoms with Gasteiger partial charge in [0.1, 0.15) is 5.15 Å². The summed E-state index contributed by atoms with van der Waals surface area (Å²) >= 11 is 5.40. The first-order valence-corrected chi connectivity index (χ1v) is 3.52. The maximum absolute atomic E-state index is 11.8. The summed E-state index contributed by atoms with van der Waals surface area (Å²) in [6.45, 7) is 0. The van der Waals surface area contributed by atoms with E-state index in [9.17, 15) is 13.2 Å². The van der Waals surface area contributed by atoms with Crippen molar-refractivity contribution in [3.8, 4) is 0 Å². The van der Waals surface area contributed by atoms with Crippen molar-refractivity contribution < 1.29 is 13.2 Å². The fourth-order valence-corrected chi connectivity index (χ4v) is 0.980. The van der Waals surface area contributed by atoms with E-state index in [0.717, 1.165) is 0 Å². The van der Waals surface area contributed by atoms with Crippen molar-refractivity contribution >= 4 is 11.6 Å². The Morgan fingerprint density at radius 1 is 1.42 bits per heavy atom. The van der Waals surface area contributed by atoms with Crippen molar-refractivity contribution in [2.75, 3.05) is 0 Å². The number of hydrogen-bond acceptors (Lipinski definition) is 1. The average Bonchev–Trinajstić information content (AvgIpc) is 1.82. The van der Waals surface area contributed by atoms with Crippen molar-refractivity contribution in [1.82, 2.24) is 4.98 Å². The number of aromatic nitrogens is 1. The largest absolute Gasteiger partial charge is 0.393 e. The van der Waals surface area contributed by atoms with Crippen LogP contribution in [0.25, 0.3) is 0 Å². The highest BCUT2D eigenvalue weighted by atomic mass is 35.5. The molecule has 66 valence electrons. The van der Waals surface area contributed by atoms with Crippen LogP contribution in [0.3, 0.4) is 0 Å². The lowest BCUT2D eigenvalue weighted by Crippen LogP contribution is -2.11. The lowest BCUT2D eigenvalue weighted by atomic mass is 10.2. The summed E-state index contributed by atoms with van der Waals surface area (Å²) in [5.74, 6) is 0. The van der Waals surface area contributed by atoms with Gasteiger partial charge in [-0.3, -0.25) is 0 Å². The zero-order valence-corrected chi connectivity index (χ0v) is 6.65. The molecule has 1 aromatic heterocycles. The van der Waals surface area contributed by atoms with Gasteiger partial charge in [0.05, 0.1) is 6.42 Å². The Morgan fingerprint density at radius 2 is 2.08 bits per heavy atom. The SMILES string of the molecule is FC(F)(F)Cc1ccnc(Cl)c1. The Balaban J connectivity index is 2.77. The second-order valence-electron chi connectivity index (χ2n) is 2.28. The third-order valence-electron chi connectivity index (χ3n) is 1.20. The topological polar surface area (TPSA) is 12.9 Å². The molecule has 0 N–H and O–H groups in total. The zero-order valence-electron chi connectivity index (χ0n) is 5.90. The molecular formula is C7H5ClF3N. The van der Waals surface area contributed by atoms with Crippen LogP contribution in [0.5, 0.6) is 0 Å². The second-order valence-corrected chi connectivity index (χ2v) is 2.67. The molecule has 0 radical (unpaired) electrons. The summed E-state index contributed by atoms with van der Waals surface area (Å²) in [5.41, 5.74) is 0.127.